The number of aliphatic hydroxyl groups is 1. The van der Waals surface area contributed by atoms with Gasteiger partial charge in [-0.3, -0.25) is 4.79 Å². The third kappa shape index (κ3) is 4.08. The van der Waals surface area contributed by atoms with E-state index in [4.69, 9.17) is 0 Å². The van der Waals surface area contributed by atoms with Crippen molar-refractivity contribution < 1.29 is 9.90 Å². The Balaban J connectivity index is 1.45. The van der Waals surface area contributed by atoms with Crippen LogP contribution in [0.2, 0.25) is 0 Å². The van der Waals surface area contributed by atoms with Crippen molar-refractivity contribution >= 4 is 5.91 Å². The highest BCUT2D eigenvalue weighted by atomic mass is 16.3. The monoisotopic (exact) mass is 302 g/mol. The van der Waals surface area contributed by atoms with E-state index in [1.807, 2.05) is 6.07 Å². The minimum absolute atomic E-state index is 0.0395. The third-order valence-electron chi connectivity index (χ3n) is 4.79. The number of nitrogens with one attached hydrogen (secondary N) is 1. The summed E-state index contributed by atoms with van der Waals surface area (Å²) < 4.78 is 0. The molecule has 1 aliphatic heterocycles. The van der Waals surface area contributed by atoms with Gasteiger partial charge in [-0.25, -0.2) is 0 Å². The van der Waals surface area contributed by atoms with Crippen LogP contribution in [0.4, 0.5) is 0 Å². The maximum absolute atomic E-state index is 12.3. The molecule has 1 saturated carbocycles. The molecule has 2 N–H and O–H groups in total. The van der Waals surface area contributed by atoms with E-state index in [1.54, 1.807) is 0 Å². The van der Waals surface area contributed by atoms with Gasteiger partial charge in [0.25, 0.3) is 0 Å². The van der Waals surface area contributed by atoms with Crippen molar-refractivity contribution in [2.75, 3.05) is 26.2 Å². The van der Waals surface area contributed by atoms with Gasteiger partial charge in [-0.2, -0.15) is 0 Å². The molecule has 1 saturated heterocycles. The fraction of sp³-hybridized carbons (Fsp3) is 0.611. The summed E-state index contributed by atoms with van der Waals surface area (Å²) in [5.74, 6) is 0.199. The number of amides is 1. The Morgan fingerprint density at radius 3 is 2.68 bits per heavy atom. The van der Waals surface area contributed by atoms with E-state index < -0.39 is 0 Å². The molecule has 120 valence electrons. The molecule has 0 unspecified atom stereocenters. The minimum Gasteiger partial charge on any atom is -0.396 e. The number of hydrogen-bond acceptors (Lipinski definition) is 3. The molecule has 0 aromatic heterocycles. The average molecular weight is 302 g/mol. The van der Waals surface area contributed by atoms with Crippen molar-refractivity contribution in [2.24, 2.45) is 11.8 Å². The number of likely N-dealkylation sites (tertiary alicyclic amines) is 1. The highest BCUT2D eigenvalue weighted by Gasteiger charge is 2.38. The Kier molecular flexibility index (Phi) is 5.11. The van der Waals surface area contributed by atoms with Crippen LogP contribution < -0.4 is 5.32 Å². The van der Waals surface area contributed by atoms with Gasteiger partial charge < -0.3 is 15.3 Å². The molecule has 4 nitrogen and oxygen atoms in total. The van der Waals surface area contributed by atoms with Crippen molar-refractivity contribution in [3.63, 3.8) is 0 Å². The highest BCUT2D eigenvalue weighted by Crippen LogP contribution is 2.26. The van der Waals surface area contributed by atoms with Crippen LogP contribution in [0.25, 0.3) is 0 Å². The zero-order chi connectivity index (χ0) is 15.4. The molecule has 0 bridgehead atoms. The second-order valence-corrected chi connectivity index (χ2v) is 6.68. The van der Waals surface area contributed by atoms with Crippen LogP contribution in [-0.4, -0.2) is 48.2 Å². The summed E-state index contributed by atoms with van der Waals surface area (Å²) in [7, 11) is 0. The van der Waals surface area contributed by atoms with E-state index in [-0.39, 0.29) is 24.3 Å². The molecule has 0 spiro atoms. The quantitative estimate of drug-likeness (QED) is 0.801. The van der Waals surface area contributed by atoms with Gasteiger partial charge in [0.1, 0.15) is 0 Å². The van der Waals surface area contributed by atoms with Gasteiger partial charge in [0.15, 0.2) is 0 Å². The Morgan fingerprint density at radius 1 is 1.23 bits per heavy atom. The number of benzene rings is 1. The molecular formula is C18H26N2O2. The largest absolute Gasteiger partial charge is 0.396 e. The molecule has 1 amide bonds. The molecule has 1 aromatic rings. The maximum atomic E-state index is 12.3. The van der Waals surface area contributed by atoms with Crippen molar-refractivity contribution in [3.8, 4) is 0 Å². The summed E-state index contributed by atoms with van der Waals surface area (Å²) in [5, 5.41) is 12.6. The molecule has 2 atom stereocenters. The number of aryl methyl sites for hydroxylation is 1. The number of aliphatic hydroxyl groups excluding tert-OH is 1. The number of rotatable bonds is 7. The zero-order valence-corrected chi connectivity index (χ0v) is 13.1. The van der Waals surface area contributed by atoms with Crippen LogP contribution in [0.15, 0.2) is 30.3 Å². The van der Waals surface area contributed by atoms with E-state index in [0.717, 1.165) is 45.3 Å². The predicted molar refractivity (Wildman–Crippen MR) is 86.4 cm³/mol. The number of carbonyl (C=O) groups excluding carboxylic acids is 1. The van der Waals surface area contributed by atoms with Gasteiger partial charge in [-0.1, -0.05) is 30.3 Å². The van der Waals surface area contributed by atoms with Crippen LogP contribution >= 0.6 is 0 Å². The summed E-state index contributed by atoms with van der Waals surface area (Å²) in [5.41, 5.74) is 1.36. The number of hydrogen-bond donors (Lipinski definition) is 2. The zero-order valence-electron chi connectivity index (χ0n) is 13.1. The molecule has 2 fully saturated rings. The second kappa shape index (κ2) is 7.25. The molecule has 1 aliphatic carbocycles. The molecular weight excluding hydrogens is 276 g/mol. The van der Waals surface area contributed by atoms with Gasteiger partial charge in [0, 0.05) is 31.7 Å². The minimum atomic E-state index is -0.0395. The van der Waals surface area contributed by atoms with E-state index in [0.29, 0.717) is 6.04 Å². The lowest BCUT2D eigenvalue weighted by Crippen LogP contribution is -2.37. The van der Waals surface area contributed by atoms with Gasteiger partial charge in [0.2, 0.25) is 5.91 Å². The lowest BCUT2D eigenvalue weighted by Gasteiger charge is -2.16. The average Bonchev–Trinajstić information content (AvgIpc) is 3.25. The van der Waals surface area contributed by atoms with Crippen molar-refractivity contribution in [1.29, 1.82) is 0 Å². The summed E-state index contributed by atoms with van der Waals surface area (Å²) in [6.45, 7) is 2.74. The Hall–Kier alpha value is -1.39. The summed E-state index contributed by atoms with van der Waals surface area (Å²) in [6.07, 6.45) is 4.39. The van der Waals surface area contributed by atoms with E-state index in [1.165, 1.54) is 5.56 Å². The summed E-state index contributed by atoms with van der Waals surface area (Å²) >= 11 is 0. The number of carbonyl (C=O) groups is 1. The Morgan fingerprint density at radius 2 is 2.00 bits per heavy atom. The molecule has 4 heteroatoms. The van der Waals surface area contributed by atoms with Crippen LogP contribution in [-0.2, 0) is 11.2 Å². The smallest absolute Gasteiger partial charge is 0.225 e. The molecule has 22 heavy (non-hydrogen) atoms. The summed E-state index contributed by atoms with van der Waals surface area (Å²) in [4.78, 5) is 14.6. The SMILES string of the molecule is O=C(NC1CC1)[C@@H]1CN(CCCc2ccccc2)C[C@H]1CO. The van der Waals surface area contributed by atoms with Gasteiger partial charge in [-0.05, 0) is 37.8 Å². The topological polar surface area (TPSA) is 52.6 Å². The van der Waals surface area contributed by atoms with Gasteiger partial charge in [-0.15, -0.1) is 0 Å². The normalized spacial score (nSPS) is 25.3. The fourth-order valence-corrected chi connectivity index (χ4v) is 3.31. The van der Waals surface area contributed by atoms with Crippen LogP contribution in [0.3, 0.4) is 0 Å². The van der Waals surface area contributed by atoms with Crippen molar-refractivity contribution in [1.82, 2.24) is 10.2 Å². The second-order valence-electron chi connectivity index (χ2n) is 6.68. The van der Waals surface area contributed by atoms with Crippen molar-refractivity contribution in [2.45, 2.75) is 31.7 Å². The molecule has 3 rings (SSSR count). The highest BCUT2D eigenvalue weighted by molar-refractivity contribution is 5.80. The Labute approximate surface area is 132 Å². The number of nitrogens with zero attached hydrogens (tertiary/aromatic N) is 1. The van der Waals surface area contributed by atoms with E-state index in [9.17, 15) is 9.90 Å². The van der Waals surface area contributed by atoms with Crippen LogP contribution in [0.5, 0.6) is 0 Å². The lowest BCUT2D eigenvalue weighted by molar-refractivity contribution is -0.126. The first-order chi connectivity index (χ1) is 10.8. The predicted octanol–water partition coefficient (Wildman–Crippen LogP) is 1.44. The van der Waals surface area contributed by atoms with Gasteiger partial charge >= 0.3 is 0 Å². The first-order valence-corrected chi connectivity index (χ1v) is 8.44. The van der Waals surface area contributed by atoms with Crippen LogP contribution in [0.1, 0.15) is 24.8 Å². The molecule has 1 heterocycles. The van der Waals surface area contributed by atoms with Crippen LogP contribution in [0, 0.1) is 11.8 Å². The van der Waals surface area contributed by atoms with Gasteiger partial charge in [0.05, 0.1) is 5.92 Å². The lowest BCUT2D eigenvalue weighted by atomic mass is 9.96. The Bertz CT molecular complexity index is 487. The van der Waals surface area contributed by atoms with Crippen molar-refractivity contribution in [3.05, 3.63) is 35.9 Å². The first-order valence-electron chi connectivity index (χ1n) is 8.44. The summed E-state index contributed by atoms with van der Waals surface area (Å²) in [6, 6.07) is 10.9. The van der Waals surface area contributed by atoms with E-state index >= 15 is 0 Å². The molecule has 1 aromatic carbocycles. The molecule has 0 radical (unpaired) electrons. The van der Waals surface area contributed by atoms with E-state index in [2.05, 4.69) is 34.5 Å². The maximum Gasteiger partial charge on any atom is 0.225 e. The fourth-order valence-electron chi connectivity index (χ4n) is 3.31. The third-order valence-corrected chi connectivity index (χ3v) is 4.79. The standard InChI is InChI=1S/C18H26N2O2/c21-13-15-11-20(10-4-7-14-5-2-1-3-6-14)12-17(15)18(22)19-16-8-9-16/h1-3,5-6,15-17,21H,4,7-13H2,(H,19,22)/t15-,17+/m0/s1. The molecule has 2 aliphatic rings. The first kappa shape index (κ1) is 15.5.